The smallest absolute Gasteiger partial charge is 0.166 e. The zero-order valence-electron chi connectivity index (χ0n) is 8.69. The van der Waals surface area contributed by atoms with Gasteiger partial charge in [-0.1, -0.05) is 27.7 Å². The molecule has 0 bridgehead atoms. The van der Waals surface area contributed by atoms with Crippen LogP contribution in [0.3, 0.4) is 0 Å². The highest BCUT2D eigenvalue weighted by atomic mass is 32.1. The lowest BCUT2D eigenvalue weighted by Gasteiger charge is -2.29. The van der Waals surface area contributed by atoms with Gasteiger partial charge in [-0.2, -0.15) is 0 Å². The predicted octanol–water partition coefficient (Wildman–Crippen LogP) is 1.76. The molecule has 0 aliphatic heterocycles. The number of nitrogens with one attached hydrogen (secondary N) is 2. The molecule has 3 heteroatoms. The molecular weight excluding hydrogens is 168 g/mol. The number of thiocarbonyl (C=S) groups is 1. The lowest BCUT2D eigenvalue weighted by molar-refractivity contribution is 0.251. The van der Waals surface area contributed by atoms with Crippen molar-refractivity contribution in [2.75, 3.05) is 13.6 Å². The first-order valence-electron chi connectivity index (χ1n) is 4.35. The summed E-state index contributed by atoms with van der Waals surface area (Å²) in [4.78, 5) is 0. The molecule has 12 heavy (non-hydrogen) atoms. The molecule has 0 spiro atoms. The van der Waals surface area contributed by atoms with Crippen molar-refractivity contribution in [2.45, 2.75) is 27.7 Å². The molecule has 2 nitrogen and oxygen atoms in total. The number of hydrogen-bond donors (Lipinski definition) is 2. The quantitative estimate of drug-likeness (QED) is 0.660. The van der Waals surface area contributed by atoms with E-state index in [1.807, 2.05) is 7.05 Å². The van der Waals surface area contributed by atoms with Crippen LogP contribution in [0.5, 0.6) is 0 Å². The maximum absolute atomic E-state index is 4.99. The van der Waals surface area contributed by atoms with E-state index >= 15 is 0 Å². The van der Waals surface area contributed by atoms with Crippen LogP contribution >= 0.6 is 12.2 Å². The molecule has 0 heterocycles. The van der Waals surface area contributed by atoms with Gasteiger partial charge in [-0.15, -0.1) is 0 Å². The molecule has 0 aliphatic rings. The highest BCUT2D eigenvalue weighted by Crippen LogP contribution is 2.24. The molecule has 0 aromatic carbocycles. The average molecular weight is 188 g/mol. The molecule has 0 fully saturated rings. The van der Waals surface area contributed by atoms with E-state index in [9.17, 15) is 0 Å². The lowest BCUT2D eigenvalue weighted by atomic mass is 9.81. The number of rotatable bonds is 3. The van der Waals surface area contributed by atoms with Gasteiger partial charge in [-0.3, -0.25) is 0 Å². The molecule has 0 aliphatic carbocycles. The molecule has 0 unspecified atom stereocenters. The summed E-state index contributed by atoms with van der Waals surface area (Å²) in [6.45, 7) is 9.85. The second kappa shape index (κ2) is 4.65. The van der Waals surface area contributed by atoms with Gasteiger partial charge in [0.25, 0.3) is 0 Å². The highest BCUT2D eigenvalue weighted by molar-refractivity contribution is 7.80. The Kier molecular flexibility index (Phi) is 4.53. The Hall–Kier alpha value is -0.310. The third-order valence-corrected chi connectivity index (χ3v) is 2.84. The Balaban J connectivity index is 3.83. The average Bonchev–Trinajstić information content (AvgIpc) is 2.00. The normalized spacial score (nSPS) is 11.5. The Morgan fingerprint density at radius 2 is 1.92 bits per heavy atom. The van der Waals surface area contributed by atoms with Crippen LogP contribution in [0.15, 0.2) is 0 Å². The van der Waals surface area contributed by atoms with Crippen molar-refractivity contribution in [3.63, 3.8) is 0 Å². The van der Waals surface area contributed by atoms with Gasteiger partial charge in [0.1, 0.15) is 0 Å². The maximum atomic E-state index is 4.99. The van der Waals surface area contributed by atoms with E-state index < -0.39 is 0 Å². The summed E-state index contributed by atoms with van der Waals surface area (Å²) < 4.78 is 0. The largest absolute Gasteiger partial charge is 0.366 e. The van der Waals surface area contributed by atoms with E-state index in [1.165, 1.54) is 0 Å². The van der Waals surface area contributed by atoms with Crippen LogP contribution in [0.1, 0.15) is 27.7 Å². The van der Waals surface area contributed by atoms with Crippen LogP contribution in [0.4, 0.5) is 0 Å². The molecule has 0 aromatic rings. The zero-order valence-corrected chi connectivity index (χ0v) is 9.51. The zero-order chi connectivity index (χ0) is 9.78. The van der Waals surface area contributed by atoms with Crippen molar-refractivity contribution < 1.29 is 0 Å². The Labute approximate surface area is 81.1 Å². The SMILES string of the molecule is CNC(=S)NCC(C)(C)C(C)C. The van der Waals surface area contributed by atoms with Crippen LogP contribution < -0.4 is 10.6 Å². The van der Waals surface area contributed by atoms with Crippen LogP contribution in [-0.2, 0) is 0 Å². The molecule has 2 N–H and O–H groups in total. The first kappa shape index (κ1) is 11.7. The van der Waals surface area contributed by atoms with Crippen molar-refractivity contribution >= 4 is 17.3 Å². The molecule has 0 amide bonds. The van der Waals surface area contributed by atoms with Crippen molar-refractivity contribution in [3.8, 4) is 0 Å². The summed E-state index contributed by atoms with van der Waals surface area (Å²) in [5.74, 6) is 0.657. The van der Waals surface area contributed by atoms with Crippen molar-refractivity contribution in [3.05, 3.63) is 0 Å². The monoisotopic (exact) mass is 188 g/mol. The predicted molar refractivity (Wildman–Crippen MR) is 58.3 cm³/mol. The minimum atomic E-state index is 0.293. The summed E-state index contributed by atoms with van der Waals surface area (Å²) >= 11 is 4.99. The Morgan fingerprint density at radius 3 is 2.25 bits per heavy atom. The highest BCUT2D eigenvalue weighted by Gasteiger charge is 2.21. The minimum absolute atomic E-state index is 0.293. The van der Waals surface area contributed by atoms with Gasteiger partial charge in [0, 0.05) is 13.6 Å². The first-order valence-corrected chi connectivity index (χ1v) is 4.76. The standard InChI is InChI=1S/C9H20N2S/c1-7(2)9(3,4)6-11-8(12)10-5/h7H,6H2,1-5H3,(H2,10,11,12). The summed E-state index contributed by atoms with van der Waals surface area (Å²) in [6, 6.07) is 0. The molecular formula is C9H20N2S. The third-order valence-electron chi connectivity index (χ3n) is 2.49. The third kappa shape index (κ3) is 3.90. The fourth-order valence-electron chi connectivity index (χ4n) is 0.601. The van der Waals surface area contributed by atoms with Crippen molar-refractivity contribution in [2.24, 2.45) is 11.3 Å². The van der Waals surface area contributed by atoms with E-state index in [2.05, 4.69) is 38.3 Å². The first-order chi connectivity index (χ1) is 5.40. The van der Waals surface area contributed by atoms with E-state index in [1.54, 1.807) is 0 Å². The summed E-state index contributed by atoms with van der Waals surface area (Å²) in [7, 11) is 1.83. The van der Waals surface area contributed by atoms with Gasteiger partial charge < -0.3 is 10.6 Å². The van der Waals surface area contributed by atoms with Gasteiger partial charge in [-0.25, -0.2) is 0 Å². The fourth-order valence-corrected chi connectivity index (χ4v) is 0.673. The Bertz CT molecular complexity index is 153. The summed E-state index contributed by atoms with van der Waals surface area (Å²) in [6.07, 6.45) is 0. The molecule has 0 saturated heterocycles. The van der Waals surface area contributed by atoms with Crippen molar-refractivity contribution in [1.82, 2.24) is 10.6 Å². The van der Waals surface area contributed by atoms with Gasteiger partial charge in [0.15, 0.2) is 5.11 Å². The second-order valence-corrected chi connectivity index (χ2v) is 4.48. The van der Waals surface area contributed by atoms with E-state index in [0.717, 1.165) is 11.7 Å². The van der Waals surface area contributed by atoms with E-state index in [0.29, 0.717) is 11.3 Å². The summed E-state index contributed by atoms with van der Waals surface area (Å²) in [5.41, 5.74) is 0.293. The second-order valence-electron chi connectivity index (χ2n) is 4.08. The van der Waals surface area contributed by atoms with Crippen LogP contribution in [0.2, 0.25) is 0 Å². The lowest BCUT2D eigenvalue weighted by Crippen LogP contribution is -2.40. The fraction of sp³-hybridized carbons (Fsp3) is 0.889. The number of hydrogen-bond acceptors (Lipinski definition) is 1. The van der Waals surface area contributed by atoms with E-state index in [-0.39, 0.29) is 0 Å². The molecule has 0 saturated carbocycles. The van der Waals surface area contributed by atoms with Crippen molar-refractivity contribution in [1.29, 1.82) is 0 Å². The van der Waals surface area contributed by atoms with Gasteiger partial charge in [-0.05, 0) is 23.6 Å². The van der Waals surface area contributed by atoms with Gasteiger partial charge in [0.2, 0.25) is 0 Å². The molecule has 0 radical (unpaired) electrons. The van der Waals surface area contributed by atoms with E-state index in [4.69, 9.17) is 12.2 Å². The van der Waals surface area contributed by atoms with Gasteiger partial charge >= 0.3 is 0 Å². The van der Waals surface area contributed by atoms with Crippen LogP contribution in [-0.4, -0.2) is 18.7 Å². The molecule has 0 rings (SSSR count). The summed E-state index contributed by atoms with van der Waals surface area (Å²) in [5, 5.41) is 6.80. The van der Waals surface area contributed by atoms with Gasteiger partial charge in [0.05, 0.1) is 0 Å². The molecule has 0 atom stereocenters. The van der Waals surface area contributed by atoms with Crippen LogP contribution in [0.25, 0.3) is 0 Å². The Morgan fingerprint density at radius 1 is 1.42 bits per heavy atom. The van der Waals surface area contributed by atoms with Crippen LogP contribution in [0, 0.1) is 11.3 Å². The maximum Gasteiger partial charge on any atom is 0.166 e. The minimum Gasteiger partial charge on any atom is -0.366 e. The molecule has 72 valence electrons. The topological polar surface area (TPSA) is 24.1 Å². The molecule has 0 aromatic heterocycles.